The molecule has 7 heteroatoms. The minimum absolute atomic E-state index is 0.225. The lowest BCUT2D eigenvalue weighted by Gasteiger charge is -2.10. The third kappa shape index (κ3) is 3.88. The number of aryl methyl sites for hydroxylation is 1. The molecule has 3 rings (SSSR count). The van der Waals surface area contributed by atoms with Crippen LogP contribution in [0.1, 0.15) is 4.88 Å². The van der Waals surface area contributed by atoms with Gasteiger partial charge in [-0.05, 0) is 64.8 Å². The molecule has 3 aromatic rings. The molecule has 0 N–H and O–H groups in total. The maximum atomic E-state index is 13.2. The highest BCUT2D eigenvalue weighted by atomic mass is 79.9. The normalized spacial score (nSPS) is 10.7. The quantitative estimate of drug-likeness (QED) is 0.463. The fourth-order valence-corrected chi connectivity index (χ4v) is 3.66. The predicted octanol–water partition coefficient (Wildman–Crippen LogP) is 4.39. The van der Waals surface area contributed by atoms with Crippen LogP contribution in [-0.2, 0) is 11.3 Å². The van der Waals surface area contributed by atoms with Gasteiger partial charge in [0.25, 0.3) is 0 Å². The molecule has 4 nitrogen and oxygen atoms in total. The molecule has 0 saturated heterocycles. The molecule has 0 spiro atoms. The van der Waals surface area contributed by atoms with E-state index in [1.54, 1.807) is 43.3 Å². The molecule has 0 amide bonds. The minimum Gasteiger partial charge on any atom is -0.424 e. The topological polar surface area (TPSA) is 48.3 Å². The lowest BCUT2D eigenvalue weighted by atomic mass is 10.1. The smallest absolute Gasteiger partial charge is 0.331 e. The predicted molar refractivity (Wildman–Crippen MR) is 98.5 cm³/mol. The van der Waals surface area contributed by atoms with E-state index in [1.807, 2.05) is 0 Å². The third-order valence-corrected chi connectivity index (χ3v) is 5.08. The third-order valence-electron chi connectivity index (χ3n) is 3.53. The van der Waals surface area contributed by atoms with Crippen molar-refractivity contribution < 1.29 is 13.9 Å². The second kappa shape index (κ2) is 7.33. The van der Waals surface area contributed by atoms with Crippen LogP contribution >= 0.6 is 27.3 Å². The summed E-state index contributed by atoms with van der Waals surface area (Å²) in [6, 6.07) is 12.8. The average molecular weight is 422 g/mol. The van der Waals surface area contributed by atoms with Gasteiger partial charge in [0.1, 0.15) is 18.1 Å². The first-order valence-corrected chi connectivity index (χ1v) is 8.98. The number of aromatic nitrogens is 1. The molecule has 128 valence electrons. The van der Waals surface area contributed by atoms with E-state index in [2.05, 4.69) is 15.9 Å². The standard InChI is InChI=1S/C18H13BrFNO3S/c1-11-17(12-6-8-13(20)9-7-12)21(18(23)25-11)10-16(22)24-15-5-3-2-4-14(15)19/h2-9H,10H2,1H3. The van der Waals surface area contributed by atoms with Gasteiger partial charge in [0.15, 0.2) is 0 Å². The van der Waals surface area contributed by atoms with E-state index < -0.39 is 5.97 Å². The molecule has 0 aliphatic carbocycles. The van der Waals surface area contributed by atoms with Gasteiger partial charge in [-0.15, -0.1) is 0 Å². The monoisotopic (exact) mass is 421 g/mol. The molecule has 0 atom stereocenters. The average Bonchev–Trinajstić information content (AvgIpc) is 2.84. The number of carbonyl (C=O) groups excluding carboxylic acids is 1. The lowest BCUT2D eigenvalue weighted by molar-refractivity contribution is -0.135. The van der Waals surface area contributed by atoms with Gasteiger partial charge in [-0.3, -0.25) is 9.36 Å². The van der Waals surface area contributed by atoms with Crippen molar-refractivity contribution in [2.75, 3.05) is 0 Å². The van der Waals surface area contributed by atoms with Gasteiger partial charge in [-0.25, -0.2) is 9.18 Å². The molecular weight excluding hydrogens is 409 g/mol. The summed E-state index contributed by atoms with van der Waals surface area (Å²) in [7, 11) is 0. The molecule has 2 aromatic carbocycles. The Morgan fingerprint density at radius 1 is 1.20 bits per heavy atom. The first-order chi connectivity index (χ1) is 12.0. The molecule has 0 bridgehead atoms. The summed E-state index contributed by atoms with van der Waals surface area (Å²) >= 11 is 4.35. The number of rotatable bonds is 4. The summed E-state index contributed by atoms with van der Waals surface area (Å²) in [4.78, 5) is 25.0. The van der Waals surface area contributed by atoms with E-state index in [0.29, 0.717) is 21.5 Å². The molecule has 25 heavy (non-hydrogen) atoms. The van der Waals surface area contributed by atoms with Crippen LogP contribution in [0.4, 0.5) is 4.39 Å². The Hall–Kier alpha value is -2.25. The summed E-state index contributed by atoms with van der Waals surface area (Å²) in [5.74, 6) is -0.537. The van der Waals surface area contributed by atoms with Crippen molar-refractivity contribution in [1.29, 1.82) is 0 Å². The molecular formula is C18H13BrFNO3S. The van der Waals surface area contributed by atoms with Gasteiger partial charge < -0.3 is 4.74 Å². The number of esters is 1. The number of benzene rings is 2. The summed E-state index contributed by atoms with van der Waals surface area (Å²) < 4.78 is 20.5. The van der Waals surface area contributed by atoms with Crippen LogP contribution in [-0.4, -0.2) is 10.5 Å². The second-order valence-electron chi connectivity index (χ2n) is 5.27. The Labute approximate surface area is 155 Å². The van der Waals surface area contributed by atoms with Crippen LogP contribution in [0.25, 0.3) is 11.3 Å². The molecule has 0 fully saturated rings. The molecule has 0 radical (unpaired) electrons. The number of para-hydroxylation sites is 1. The zero-order valence-corrected chi connectivity index (χ0v) is 15.6. The fraction of sp³-hybridized carbons (Fsp3) is 0.111. The Morgan fingerprint density at radius 3 is 2.56 bits per heavy atom. The van der Waals surface area contributed by atoms with E-state index in [9.17, 15) is 14.0 Å². The van der Waals surface area contributed by atoms with Crippen LogP contribution < -0.4 is 9.61 Å². The van der Waals surface area contributed by atoms with Crippen molar-refractivity contribution in [1.82, 2.24) is 4.57 Å². The van der Waals surface area contributed by atoms with Crippen LogP contribution in [0, 0.1) is 12.7 Å². The number of halogens is 2. The van der Waals surface area contributed by atoms with Crippen molar-refractivity contribution in [2.45, 2.75) is 13.5 Å². The van der Waals surface area contributed by atoms with Crippen molar-refractivity contribution in [3.8, 4) is 17.0 Å². The lowest BCUT2D eigenvalue weighted by Crippen LogP contribution is -2.23. The zero-order chi connectivity index (χ0) is 18.0. The molecule has 0 aliphatic rings. The highest BCUT2D eigenvalue weighted by Gasteiger charge is 2.18. The second-order valence-corrected chi connectivity index (χ2v) is 7.29. The number of nitrogens with zero attached hydrogens (tertiary/aromatic N) is 1. The molecule has 0 unspecified atom stereocenters. The van der Waals surface area contributed by atoms with Crippen molar-refractivity contribution in [3.05, 3.63) is 73.4 Å². The van der Waals surface area contributed by atoms with E-state index in [-0.39, 0.29) is 17.2 Å². The van der Waals surface area contributed by atoms with Gasteiger partial charge in [0, 0.05) is 4.88 Å². The first kappa shape index (κ1) is 17.6. The summed E-state index contributed by atoms with van der Waals surface area (Å²) in [5, 5.41) is 0. The number of hydrogen-bond acceptors (Lipinski definition) is 4. The Morgan fingerprint density at radius 2 is 1.88 bits per heavy atom. The van der Waals surface area contributed by atoms with Crippen LogP contribution in [0.15, 0.2) is 57.8 Å². The highest BCUT2D eigenvalue weighted by molar-refractivity contribution is 9.10. The molecule has 1 heterocycles. The summed E-state index contributed by atoms with van der Waals surface area (Å²) in [5.41, 5.74) is 1.27. The Bertz CT molecular complexity index is 979. The van der Waals surface area contributed by atoms with Gasteiger partial charge in [0.2, 0.25) is 0 Å². The summed E-state index contributed by atoms with van der Waals surface area (Å²) in [6.45, 7) is 1.57. The molecule has 0 saturated carbocycles. The number of thiazole rings is 1. The Kier molecular flexibility index (Phi) is 5.15. The maximum Gasteiger partial charge on any atom is 0.331 e. The van der Waals surface area contributed by atoms with Crippen LogP contribution in [0.5, 0.6) is 5.75 Å². The van der Waals surface area contributed by atoms with Crippen LogP contribution in [0.2, 0.25) is 0 Å². The van der Waals surface area contributed by atoms with Crippen molar-refractivity contribution >= 4 is 33.2 Å². The zero-order valence-electron chi connectivity index (χ0n) is 13.2. The maximum absolute atomic E-state index is 13.2. The highest BCUT2D eigenvalue weighted by Crippen LogP contribution is 2.27. The van der Waals surface area contributed by atoms with Crippen molar-refractivity contribution in [3.63, 3.8) is 0 Å². The minimum atomic E-state index is -0.560. The summed E-state index contributed by atoms with van der Waals surface area (Å²) in [6.07, 6.45) is 0. The fourth-order valence-electron chi connectivity index (χ4n) is 2.44. The Balaban J connectivity index is 1.90. The number of ether oxygens (including phenoxy) is 1. The van der Waals surface area contributed by atoms with Crippen LogP contribution in [0.3, 0.4) is 0 Å². The van der Waals surface area contributed by atoms with Crippen molar-refractivity contribution in [2.24, 2.45) is 0 Å². The van der Waals surface area contributed by atoms with E-state index in [4.69, 9.17) is 4.74 Å². The van der Waals surface area contributed by atoms with Gasteiger partial charge in [-0.2, -0.15) is 0 Å². The number of carbonyl (C=O) groups is 1. The van der Waals surface area contributed by atoms with E-state index in [1.165, 1.54) is 16.7 Å². The SMILES string of the molecule is Cc1sc(=O)n(CC(=O)Oc2ccccc2Br)c1-c1ccc(F)cc1. The van der Waals surface area contributed by atoms with Gasteiger partial charge in [-0.1, -0.05) is 23.5 Å². The van der Waals surface area contributed by atoms with Gasteiger partial charge >= 0.3 is 10.8 Å². The largest absolute Gasteiger partial charge is 0.424 e. The molecule has 1 aromatic heterocycles. The number of hydrogen-bond donors (Lipinski definition) is 0. The molecule has 0 aliphatic heterocycles. The van der Waals surface area contributed by atoms with Gasteiger partial charge in [0.05, 0.1) is 10.2 Å². The first-order valence-electron chi connectivity index (χ1n) is 7.37. The van der Waals surface area contributed by atoms with E-state index in [0.717, 1.165) is 16.2 Å². The van der Waals surface area contributed by atoms with E-state index >= 15 is 0 Å².